The van der Waals surface area contributed by atoms with Crippen molar-refractivity contribution in [1.29, 1.82) is 0 Å². The standard InChI is InChI=1S/C8H7N5O2/c1-13-11-3-6(12-13)5-2-9-4-10-7(5)8(14)15/h2-4H,1H3,(H,14,15). The zero-order chi connectivity index (χ0) is 10.8. The average Bonchev–Trinajstić information content (AvgIpc) is 2.65. The van der Waals surface area contributed by atoms with Crippen molar-refractivity contribution < 1.29 is 9.90 Å². The summed E-state index contributed by atoms with van der Waals surface area (Å²) in [5.74, 6) is -1.11. The SMILES string of the molecule is Cn1ncc(-c2cncnc2C(=O)O)n1. The van der Waals surface area contributed by atoms with E-state index in [1.807, 2.05) is 0 Å². The number of carboxylic acid groups (broad SMARTS) is 1. The molecular weight excluding hydrogens is 198 g/mol. The van der Waals surface area contributed by atoms with E-state index >= 15 is 0 Å². The van der Waals surface area contributed by atoms with Crippen molar-refractivity contribution >= 4 is 5.97 Å². The van der Waals surface area contributed by atoms with Gasteiger partial charge in [-0.05, 0) is 0 Å². The second kappa shape index (κ2) is 3.45. The minimum absolute atomic E-state index is 0.0782. The van der Waals surface area contributed by atoms with Crippen molar-refractivity contribution in [2.75, 3.05) is 0 Å². The first-order valence-electron chi connectivity index (χ1n) is 4.08. The summed E-state index contributed by atoms with van der Waals surface area (Å²) in [7, 11) is 1.65. The molecule has 2 aromatic rings. The van der Waals surface area contributed by atoms with Gasteiger partial charge in [0.1, 0.15) is 12.0 Å². The van der Waals surface area contributed by atoms with E-state index in [4.69, 9.17) is 5.11 Å². The van der Waals surface area contributed by atoms with Gasteiger partial charge in [0.2, 0.25) is 0 Å². The minimum Gasteiger partial charge on any atom is -0.476 e. The lowest BCUT2D eigenvalue weighted by molar-refractivity contribution is 0.0691. The molecule has 0 fully saturated rings. The monoisotopic (exact) mass is 205 g/mol. The maximum absolute atomic E-state index is 10.9. The summed E-state index contributed by atoms with van der Waals surface area (Å²) in [5, 5.41) is 16.7. The van der Waals surface area contributed by atoms with E-state index in [-0.39, 0.29) is 5.69 Å². The Balaban J connectivity index is 2.57. The highest BCUT2D eigenvalue weighted by Crippen LogP contribution is 2.17. The quantitative estimate of drug-likeness (QED) is 0.739. The summed E-state index contributed by atoms with van der Waals surface area (Å²) in [6.07, 6.45) is 4.05. The summed E-state index contributed by atoms with van der Waals surface area (Å²) in [6.45, 7) is 0. The molecule has 0 aromatic carbocycles. The van der Waals surface area contributed by atoms with E-state index in [9.17, 15) is 4.79 Å². The molecule has 7 heteroatoms. The number of aryl methyl sites for hydroxylation is 1. The van der Waals surface area contributed by atoms with Crippen LogP contribution in [0.15, 0.2) is 18.7 Å². The predicted molar refractivity (Wildman–Crippen MR) is 49.0 cm³/mol. The van der Waals surface area contributed by atoms with Gasteiger partial charge in [0, 0.05) is 13.2 Å². The topological polar surface area (TPSA) is 93.8 Å². The largest absolute Gasteiger partial charge is 0.476 e. The molecule has 0 aliphatic carbocycles. The number of aromatic carboxylic acids is 1. The maximum atomic E-state index is 10.9. The normalized spacial score (nSPS) is 10.2. The molecule has 0 radical (unpaired) electrons. The molecule has 2 aromatic heterocycles. The van der Waals surface area contributed by atoms with Crippen LogP contribution in [-0.4, -0.2) is 36.0 Å². The molecule has 0 atom stereocenters. The lowest BCUT2D eigenvalue weighted by Gasteiger charge is -1.98. The Bertz CT molecular complexity index is 507. The van der Waals surface area contributed by atoms with Crippen LogP contribution in [0.5, 0.6) is 0 Å². The molecule has 0 saturated carbocycles. The third-order valence-corrected chi connectivity index (χ3v) is 1.79. The van der Waals surface area contributed by atoms with Crippen molar-refractivity contribution in [3.05, 3.63) is 24.4 Å². The second-order valence-electron chi connectivity index (χ2n) is 2.81. The molecule has 76 valence electrons. The molecule has 0 unspecified atom stereocenters. The molecule has 0 spiro atoms. The first-order chi connectivity index (χ1) is 7.18. The molecule has 0 amide bonds. The van der Waals surface area contributed by atoms with Gasteiger partial charge in [0.05, 0.1) is 11.8 Å². The number of carboxylic acids is 1. The van der Waals surface area contributed by atoms with Gasteiger partial charge in [-0.3, -0.25) is 0 Å². The van der Waals surface area contributed by atoms with Gasteiger partial charge in [0.25, 0.3) is 0 Å². The Morgan fingerprint density at radius 1 is 1.47 bits per heavy atom. The van der Waals surface area contributed by atoms with Gasteiger partial charge in [0.15, 0.2) is 5.69 Å². The second-order valence-corrected chi connectivity index (χ2v) is 2.81. The molecule has 0 saturated heterocycles. The first kappa shape index (κ1) is 9.25. The summed E-state index contributed by atoms with van der Waals surface area (Å²) in [5.41, 5.74) is 0.721. The molecule has 0 aliphatic rings. The van der Waals surface area contributed by atoms with Crippen LogP contribution < -0.4 is 0 Å². The zero-order valence-corrected chi connectivity index (χ0v) is 7.82. The smallest absolute Gasteiger partial charge is 0.355 e. The van der Waals surface area contributed by atoms with Gasteiger partial charge >= 0.3 is 5.97 Å². The summed E-state index contributed by atoms with van der Waals surface area (Å²) in [6, 6.07) is 0. The molecule has 15 heavy (non-hydrogen) atoms. The van der Waals surface area contributed by atoms with Crippen LogP contribution in [0, 0.1) is 0 Å². The van der Waals surface area contributed by atoms with Gasteiger partial charge in [-0.25, -0.2) is 14.8 Å². The van der Waals surface area contributed by atoms with Crippen LogP contribution in [-0.2, 0) is 7.05 Å². The van der Waals surface area contributed by atoms with E-state index in [2.05, 4.69) is 20.2 Å². The van der Waals surface area contributed by atoms with Crippen LogP contribution in [0.4, 0.5) is 0 Å². The minimum atomic E-state index is -1.11. The fraction of sp³-hybridized carbons (Fsp3) is 0.125. The molecule has 7 nitrogen and oxygen atoms in total. The number of hydrogen-bond acceptors (Lipinski definition) is 5. The van der Waals surface area contributed by atoms with E-state index in [0.717, 1.165) is 0 Å². The number of rotatable bonds is 2. The Kier molecular flexibility index (Phi) is 2.13. The van der Waals surface area contributed by atoms with Gasteiger partial charge in [-0.2, -0.15) is 15.0 Å². The third-order valence-electron chi connectivity index (χ3n) is 1.79. The number of nitrogens with zero attached hydrogens (tertiary/aromatic N) is 5. The first-order valence-corrected chi connectivity index (χ1v) is 4.08. The average molecular weight is 205 g/mol. The number of hydrogen-bond donors (Lipinski definition) is 1. The van der Waals surface area contributed by atoms with E-state index in [0.29, 0.717) is 11.3 Å². The van der Waals surface area contributed by atoms with Crippen molar-refractivity contribution in [2.24, 2.45) is 7.05 Å². The summed E-state index contributed by atoms with van der Waals surface area (Å²) < 4.78 is 0. The molecule has 2 rings (SSSR count). The number of aromatic nitrogens is 5. The molecule has 0 bridgehead atoms. The Labute approximate surface area is 84.4 Å². The lowest BCUT2D eigenvalue weighted by Crippen LogP contribution is -2.04. The Hall–Kier alpha value is -2.31. The predicted octanol–water partition coefficient (Wildman–Crippen LogP) is -0.0297. The number of carbonyl (C=O) groups is 1. The van der Waals surface area contributed by atoms with Crippen LogP contribution >= 0.6 is 0 Å². The third kappa shape index (κ3) is 1.66. The van der Waals surface area contributed by atoms with Crippen molar-refractivity contribution in [1.82, 2.24) is 25.0 Å². The maximum Gasteiger partial charge on any atom is 0.355 e. The van der Waals surface area contributed by atoms with Crippen LogP contribution in [0.3, 0.4) is 0 Å². The highest BCUT2D eigenvalue weighted by atomic mass is 16.4. The molecular formula is C8H7N5O2. The zero-order valence-electron chi connectivity index (χ0n) is 7.82. The highest BCUT2D eigenvalue weighted by Gasteiger charge is 2.15. The Morgan fingerprint density at radius 3 is 2.87 bits per heavy atom. The highest BCUT2D eigenvalue weighted by molar-refractivity contribution is 5.92. The van der Waals surface area contributed by atoms with Gasteiger partial charge in [-0.15, -0.1) is 0 Å². The van der Waals surface area contributed by atoms with E-state index < -0.39 is 5.97 Å². The van der Waals surface area contributed by atoms with Crippen LogP contribution in [0.2, 0.25) is 0 Å². The molecule has 1 N–H and O–H groups in total. The fourth-order valence-corrected chi connectivity index (χ4v) is 1.16. The van der Waals surface area contributed by atoms with E-state index in [1.165, 1.54) is 23.5 Å². The van der Waals surface area contributed by atoms with Crippen molar-refractivity contribution in [2.45, 2.75) is 0 Å². The fourth-order valence-electron chi connectivity index (χ4n) is 1.16. The van der Waals surface area contributed by atoms with Crippen molar-refractivity contribution in [3.63, 3.8) is 0 Å². The lowest BCUT2D eigenvalue weighted by atomic mass is 10.2. The summed E-state index contributed by atoms with van der Waals surface area (Å²) in [4.78, 5) is 19.6. The summed E-state index contributed by atoms with van der Waals surface area (Å²) >= 11 is 0. The van der Waals surface area contributed by atoms with Gasteiger partial charge < -0.3 is 5.11 Å². The van der Waals surface area contributed by atoms with E-state index in [1.54, 1.807) is 7.05 Å². The van der Waals surface area contributed by atoms with Crippen LogP contribution in [0.25, 0.3) is 11.3 Å². The molecule has 2 heterocycles. The Morgan fingerprint density at radius 2 is 2.27 bits per heavy atom. The van der Waals surface area contributed by atoms with Gasteiger partial charge in [-0.1, -0.05) is 0 Å². The molecule has 0 aliphatic heterocycles. The van der Waals surface area contributed by atoms with Crippen LogP contribution in [0.1, 0.15) is 10.5 Å². The van der Waals surface area contributed by atoms with Crippen molar-refractivity contribution in [3.8, 4) is 11.3 Å².